The molecule has 1 heterocycles. The summed E-state index contributed by atoms with van der Waals surface area (Å²) < 4.78 is 0. The number of nitrogens with zero attached hydrogens (tertiary/aromatic N) is 1. The van der Waals surface area contributed by atoms with Crippen LogP contribution in [-0.2, 0) is 0 Å². The van der Waals surface area contributed by atoms with Gasteiger partial charge in [0.05, 0.1) is 5.69 Å². The molecule has 3 heteroatoms. The monoisotopic (exact) mass is 223 g/mol. The van der Waals surface area contributed by atoms with Crippen molar-refractivity contribution >= 4 is 0 Å². The molecule has 0 radical (unpaired) electrons. The van der Waals surface area contributed by atoms with Crippen LogP contribution in [0.3, 0.4) is 0 Å². The molecule has 16 heavy (non-hydrogen) atoms. The maximum Gasteiger partial charge on any atom is 0.0518 e. The van der Waals surface area contributed by atoms with E-state index in [-0.39, 0.29) is 0 Å². The smallest absolute Gasteiger partial charge is 0.0518 e. The third kappa shape index (κ3) is 4.35. The number of hydrogen-bond donors (Lipinski definition) is 2. The van der Waals surface area contributed by atoms with Crippen LogP contribution in [0.25, 0.3) is 0 Å². The van der Waals surface area contributed by atoms with Crippen LogP contribution >= 0.6 is 0 Å². The van der Waals surface area contributed by atoms with Crippen LogP contribution in [-0.4, -0.2) is 16.7 Å². The third-order valence-corrected chi connectivity index (χ3v) is 3.24. The van der Waals surface area contributed by atoms with Gasteiger partial charge in [-0.3, -0.25) is 5.10 Å². The van der Waals surface area contributed by atoms with Gasteiger partial charge in [-0.25, -0.2) is 0 Å². The molecular formula is C13H25N3. The predicted octanol–water partition coefficient (Wildman–Crippen LogP) is 3.28. The minimum Gasteiger partial charge on any atom is -0.309 e. The second-order valence-corrected chi connectivity index (χ2v) is 4.56. The molecule has 0 saturated heterocycles. The van der Waals surface area contributed by atoms with E-state index in [4.69, 9.17) is 0 Å². The highest BCUT2D eigenvalue weighted by atomic mass is 15.1. The molecule has 1 aromatic heterocycles. The Labute approximate surface area is 99.0 Å². The highest BCUT2D eigenvalue weighted by Gasteiger charge is 2.10. The second-order valence-electron chi connectivity index (χ2n) is 4.56. The zero-order valence-electron chi connectivity index (χ0n) is 10.8. The highest BCUT2D eigenvalue weighted by Crippen LogP contribution is 2.14. The average molecular weight is 223 g/mol. The Balaban J connectivity index is 2.26. The van der Waals surface area contributed by atoms with Crippen molar-refractivity contribution < 1.29 is 0 Å². The molecule has 0 spiro atoms. The SMILES string of the molecule is CCCCC(CC)CNC(C)c1ccn[nH]1. The lowest BCUT2D eigenvalue weighted by molar-refractivity contribution is 0.396. The Morgan fingerprint density at radius 1 is 1.44 bits per heavy atom. The van der Waals surface area contributed by atoms with Gasteiger partial charge in [-0.15, -0.1) is 0 Å². The van der Waals surface area contributed by atoms with Crippen LogP contribution in [0.4, 0.5) is 0 Å². The normalized spacial score (nSPS) is 14.9. The van der Waals surface area contributed by atoms with E-state index in [9.17, 15) is 0 Å². The van der Waals surface area contributed by atoms with E-state index in [0.29, 0.717) is 6.04 Å². The maximum atomic E-state index is 3.98. The molecular weight excluding hydrogens is 198 g/mol. The molecule has 0 aromatic carbocycles. The molecule has 0 saturated carbocycles. The summed E-state index contributed by atoms with van der Waals surface area (Å²) in [4.78, 5) is 0. The Kier molecular flexibility index (Phi) is 6.16. The van der Waals surface area contributed by atoms with Crippen molar-refractivity contribution in [3.63, 3.8) is 0 Å². The largest absolute Gasteiger partial charge is 0.309 e. The van der Waals surface area contributed by atoms with Gasteiger partial charge in [0, 0.05) is 12.2 Å². The number of aromatic nitrogens is 2. The van der Waals surface area contributed by atoms with Gasteiger partial charge in [0.25, 0.3) is 0 Å². The maximum absolute atomic E-state index is 3.98. The summed E-state index contributed by atoms with van der Waals surface area (Å²) in [7, 11) is 0. The van der Waals surface area contributed by atoms with E-state index < -0.39 is 0 Å². The lowest BCUT2D eigenvalue weighted by atomic mass is 9.99. The van der Waals surface area contributed by atoms with E-state index >= 15 is 0 Å². The Morgan fingerprint density at radius 3 is 2.81 bits per heavy atom. The summed E-state index contributed by atoms with van der Waals surface area (Å²) in [6.45, 7) is 7.83. The Morgan fingerprint density at radius 2 is 2.25 bits per heavy atom. The van der Waals surface area contributed by atoms with Crippen LogP contribution in [0.5, 0.6) is 0 Å². The Bertz CT molecular complexity index is 256. The van der Waals surface area contributed by atoms with Gasteiger partial charge in [-0.05, 0) is 31.9 Å². The first kappa shape index (κ1) is 13.2. The fourth-order valence-electron chi connectivity index (χ4n) is 1.90. The van der Waals surface area contributed by atoms with E-state index in [1.165, 1.54) is 31.4 Å². The fraction of sp³-hybridized carbons (Fsp3) is 0.769. The van der Waals surface area contributed by atoms with Gasteiger partial charge in [0.1, 0.15) is 0 Å². The lowest BCUT2D eigenvalue weighted by Gasteiger charge is -2.18. The number of unbranched alkanes of at least 4 members (excludes halogenated alkanes) is 1. The molecule has 1 rings (SSSR count). The molecule has 3 nitrogen and oxygen atoms in total. The van der Waals surface area contributed by atoms with Gasteiger partial charge in [-0.2, -0.15) is 5.10 Å². The number of aromatic amines is 1. The predicted molar refractivity (Wildman–Crippen MR) is 68.3 cm³/mol. The molecule has 0 aliphatic carbocycles. The van der Waals surface area contributed by atoms with Crippen molar-refractivity contribution in [3.05, 3.63) is 18.0 Å². The van der Waals surface area contributed by atoms with Crippen molar-refractivity contribution in [1.29, 1.82) is 0 Å². The Hall–Kier alpha value is -0.830. The van der Waals surface area contributed by atoms with Crippen LogP contribution in [0.2, 0.25) is 0 Å². The van der Waals surface area contributed by atoms with Crippen molar-refractivity contribution in [1.82, 2.24) is 15.5 Å². The molecule has 0 bridgehead atoms. The summed E-state index contributed by atoms with van der Waals surface area (Å²) in [6.07, 6.45) is 7.06. The van der Waals surface area contributed by atoms with E-state index in [0.717, 1.165) is 12.5 Å². The molecule has 2 atom stereocenters. The quantitative estimate of drug-likeness (QED) is 0.710. The summed E-state index contributed by atoms with van der Waals surface area (Å²) in [5.74, 6) is 0.810. The van der Waals surface area contributed by atoms with E-state index in [1.54, 1.807) is 0 Å². The summed E-state index contributed by atoms with van der Waals surface area (Å²) in [5, 5.41) is 10.6. The van der Waals surface area contributed by atoms with E-state index in [2.05, 4.69) is 36.3 Å². The number of H-pyrrole nitrogens is 1. The van der Waals surface area contributed by atoms with Crippen LogP contribution in [0, 0.1) is 5.92 Å². The average Bonchev–Trinajstić information content (AvgIpc) is 2.82. The van der Waals surface area contributed by atoms with Gasteiger partial charge < -0.3 is 5.32 Å². The first-order valence-electron chi connectivity index (χ1n) is 6.50. The van der Waals surface area contributed by atoms with Gasteiger partial charge in [-0.1, -0.05) is 33.1 Å². The molecule has 0 amide bonds. The minimum atomic E-state index is 0.373. The standard InChI is InChI=1S/C13H25N3/c1-4-6-7-12(5-2)10-14-11(3)13-8-9-15-16-13/h8-9,11-12,14H,4-7,10H2,1-3H3,(H,15,16). The number of rotatable bonds is 8. The van der Waals surface area contributed by atoms with Crippen molar-refractivity contribution in [3.8, 4) is 0 Å². The topological polar surface area (TPSA) is 40.7 Å². The number of nitrogens with one attached hydrogen (secondary N) is 2. The lowest BCUT2D eigenvalue weighted by Crippen LogP contribution is -2.25. The zero-order valence-corrected chi connectivity index (χ0v) is 10.8. The molecule has 0 fully saturated rings. The summed E-state index contributed by atoms with van der Waals surface area (Å²) in [5.41, 5.74) is 1.17. The van der Waals surface area contributed by atoms with Crippen LogP contribution in [0.15, 0.2) is 12.3 Å². The molecule has 0 aliphatic heterocycles. The highest BCUT2D eigenvalue weighted by molar-refractivity contribution is 5.02. The van der Waals surface area contributed by atoms with Gasteiger partial charge in [0.2, 0.25) is 0 Å². The first-order valence-corrected chi connectivity index (χ1v) is 6.50. The van der Waals surface area contributed by atoms with Crippen LogP contribution < -0.4 is 5.32 Å². The van der Waals surface area contributed by atoms with E-state index in [1.807, 2.05) is 12.3 Å². The zero-order chi connectivity index (χ0) is 11.8. The van der Waals surface area contributed by atoms with Crippen molar-refractivity contribution in [2.45, 2.75) is 52.5 Å². The molecule has 2 unspecified atom stereocenters. The van der Waals surface area contributed by atoms with Gasteiger partial charge in [0.15, 0.2) is 0 Å². The summed E-state index contributed by atoms with van der Waals surface area (Å²) in [6, 6.07) is 2.41. The third-order valence-electron chi connectivity index (χ3n) is 3.24. The molecule has 92 valence electrons. The fourth-order valence-corrected chi connectivity index (χ4v) is 1.90. The van der Waals surface area contributed by atoms with Gasteiger partial charge >= 0.3 is 0 Å². The van der Waals surface area contributed by atoms with Crippen molar-refractivity contribution in [2.24, 2.45) is 5.92 Å². The van der Waals surface area contributed by atoms with Crippen LogP contribution in [0.1, 0.15) is 58.2 Å². The minimum absolute atomic E-state index is 0.373. The first-order chi connectivity index (χ1) is 7.77. The van der Waals surface area contributed by atoms with Crippen molar-refractivity contribution in [2.75, 3.05) is 6.54 Å². The molecule has 0 aliphatic rings. The molecule has 1 aromatic rings. The number of hydrogen-bond acceptors (Lipinski definition) is 2. The second kappa shape index (κ2) is 7.44. The molecule has 2 N–H and O–H groups in total. The summed E-state index contributed by atoms with van der Waals surface area (Å²) >= 11 is 0.